The van der Waals surface area contributed by atoms with E-state index in [4.69, 9.17) is 27.6 Å². The lowest BCUT2D eigenvalue weighted by atomic mass is 10.0. The number of rotatable bonds is 5. The Morgan fingerprint density at radius 3 is 2.63 bits per heavy atom. The molecular formula is C21H18Cl2N2O2. The second-order valence-electron chi connectivity index (χ2n) is 6.21. The molecule has 27 heavy (non-hydrogen) atoms. The molecular weight excluding hydrogens is 383 g/mol. The molecule has 3 rings (SSSR count). The number of carbonyl (C=O) groups excluding carboxylic acids is 1. The third-order valence-electron chi connectivity index (χ3n) is 4.14. The van der Waals surface area contributed by atoms with Gasteiger partial charge in [0.15, 0.2) is 0 Å². The Kier molecular flexibility index (Phi) is 5.99. The maximum atomic E-state index is 12.0. The van der Waals surface area contributed by atoms with Crippen LogP contribution in [0.25, 0.3) is 11.3 Å². The van der Waals surface area contributed by atoms with Gasteiger partial charge in [-0.15, -0.1) is 0 Å². The molecule has 1 aromatic heterocycles. The van der Waals surface area contributed by atoms with E-state index in [1.165, 1.54) is 11.8 Å². The first-order valence-corrected chi connectivity index (χ1v) is 9.11. The summed E-state index contributed by atoms with van der Waals surface area (Å²) in [6, 6.07) is 14.7. The molecule has 0 atom stereocenters. The first-order valence-electron chi connectivity index (χ1n) is 8.35. The molecule has 0 saturated heterocycles. The molecule has 0 unspecified atom stereocenters. The molecule has 1 N–H and O–H groups in total. The highest BCUT2D eigenvalue weighted by Crippen LogP contribution is 2.31. The van der Waals surface area contributed by atoms with Gasteiger partial charge in [-0.05, 0) is 60.9 Å². The molecule has 0 fully saturated rings. The van der Waals surface area contributed by atoms with E-state index in [2.05, 4.69) is 10.5 Å². The van der Waals surface area contributed by atoms with Crippen molar-refractivity contribution in [2.45, 2.75) is 20.3 Å². The minimum absolute atomic E-state index is 0.193. The zero-order valence-corrected chi connectivity index (χ0v) is 16.4. The smallest absolute Gasteiger partial charge is 0.244 e. The number of benzene rings is 2. The molecule has 1 amide bonds. The Labute approximate surface area is 167 Å². The first kappa shape index (κ1) is 19.2. The zero-order valence-electron chi connectivity index (χ0n) is 14.9. The lowest BCUT2D eigenvalue weighted by Crippen LogP contribution is -2.19. The van der Waals surface area contributed by atoms with Gasteiger partial charge in [0.1, 0.15) is 11.5 Å². The van der Waals surface area contributed by atoms with Crippen molar-refractivity contribution in [3.05, 3.63) is 81.0 Å². The van der Waals surface area contributed by atoms with Crippen LogP contribution < -0.4 is 5.43 Å². The summed E-state index contributed by atoms with van der Waals surface area (Å²) in [6.07, 6.45) is 1.72. The minimum Gasteiger partial charge on any atom is -0.455 e. The molecule has 1 heterocycles. The summed E-state index contributed by atoms with van der Waals surface area (Å²) >= 11 is 12.1. The molecule has 0 aliphatic carbocycles. The number of aryl methyl sites for hydroxylation is 2. The number of hydrogen-bond donors (Lipinski definition) is 1. The summed E-state index contributed by atoms with van der Waals surface area (Å²) in [5, 5.41) is 5.01. The number of amides is 1. The van der Waals surface area contributed by atoms with E-state index < -0.39 is 0 Å². The molecule has 4 nitrogen and oxygen atoms in total. The molecule has 0 aliphatic rings. The second kappa shape index (κ2) is 8.42. The van der Waals surface area contributed by atoms with Crippen molar-refractivity contribution in [3.8, 4) is 11.3 Å². The number of nitrogens with zero attached hydrogens (tertiary/aromatic N) is 1. The van der Waals surface area contributed by atoms with Crippen LogP contribution in [-0.4, -0.2) is 12.1 Å². The third-order valence-corrected chi connectivity index (χ3v) is 4.69. The van der Waals surface area contributed by atoms with Crippen LogP contribution in [0.2, 0.25) is 10.0 Å². The zero-order chi connectivity index (χ0) is 19.4. The van der Waals surface area contributed by atoms with Crippen LogP contribution >= 0.6 is 23.2 Å². The van der Waals surface area contributed by atoms with E-state index in [1.54, 1.807) is 30.3 Å². The van der Waals surface area contributed by atoms with E-state index in [0.717, 1.165) is 16.7 Å². The lowest BCUT2D eigenvalue weighted by molar-refractivity contribution is -0.120. The molecule has 0 radical (unpaired) electrons. The van der Waals surface area contributed by atoms with Crippen LogP contribution in [0, 0.1) is 13.8 Å². The predicted octanol–water partition coefficient (Wildman–Crippen LogP) is 5.56. The fourth-order valence-corrected chi connectivity index (χ4v) is 3.06. The Morgan fingerprint density at radius 2 is 1.89 bits per heavy atom. The quantitative estimate of drug-likeness (QED) is 0.449. The normalized spacial score (nSPS) is 11.1. The van der Waals surface area contributed by atoms with Crippen molar-refractivity contribution in [1.82, 2.24) is 5.43 Å². The van der Waals surface area contributed by atoms with Crippen LogP contribution in [0.3, 0.4) is 0 Å². The molecule has 3 aromatic rings. The van der Waals surface area contributed by atoms with Gasteiger partial charge >= 0.3 is 0 Å². The molecule has 138 valence electrons. The van der Waals surface area contributed by atoms with Gasteiger partial charge < -0.3 is 4.42 Å². The Bertz CT molecular complexity index is 1010. The van der Waals surface area contributed by atoms with Crippen LogP contribution in [0.5, 0.6) is 0 Å². The van der Waals surface area contributed by atoms with Crippen LogP contribution in [0.15, 0.2) is 58.0 Å². The molecule has 2 aromatic carbocycles. The maximum Gasteiger partial charge on any atom is 0.244 e. The topological polar surface area (TPSA) is 54.6 Å². The standard InChI is InChI=1S/C21H18Cl2N2O2/c1-13-3-4-15(9-14(13)2)10-21(26)25-24-12-17-6-8-20(27-17)18-7-5-16(22)11-19(18)23/h3-9,11-12H,10H2,1-2H3,(H,25,26)/b24-12-. The third kappa shape index (κ3) is 5.00. The van der Waals surface area contributed by atoms with Crippen molar-refractivity contribution in [1.29, 1.82) is 0 Å². The van der Waals surface area contributed by atoms with E-state index in [1.807, 2.05) is 32.0 Å². The van der Waals surface area contributed by atoms with Gasteiger partial charge in [0.25, 0.3) is 0 Å². The van der Waals surface area contributed by atoms with Gasteiger partial charge in [-0.25, -0.2) is 5.43 Å². The first-order chi connectivity index (χ1) is 12.9. The van der Waals surface area contributed by atoms with E-state index >= 15 is 0 Å². The minimum atomic E-state index is -0.193. The Balaban J connectivity index is 1.60. The molecule has 0 bridgehead atoms. The number of hydrogen-bond acceptors (Lipinski definition) is 3. The largest absolute Gasteiger partial charge is 0.455 e. The van der Waals surface area contributed by atoms with Crippen molar-refractivity contribution >= 4 is 35.3 Å². The summed E-state index contributed by atoms with van der Waals surface area (Å²) in [7, 11) is 0. The summed E-state index contributed by atoms with van der Waals surface area (Å²) in [6.45, 7) is 4.06. The highest BCUT2D eigenvalue weighted by atomic mass is 35.5. The number of hydrazone groups is 1. The number of carbonyl (C=O) groups is 1. The van der Waals surface area contributed by atoms with E-state index in [-0.39, 0.29) is 12.3 Å². The van der Waals surface area contributed by atoms with E-state index in [9.17, 15) is 4.79 Å². The Hall–Kier alpha value is -2.56. The predicted molar refractivity (Wildman–Crippen MR) is 110 cm³/mol. The van der Waals surface area contributed by atoms with Crippen LogP contribution in [-0.2, 0) is 11.2 Å². The molecule has 0 spiro atoms. The Morgan fingerprint density at radius 1 is 1.07 bits per heavy atom. The summed E-state index contributed by atoms with van der Waals surface area (Å²) in [5.41, 5.74) is 6.55. The summed E-state index contributed by atoms with van der Waals surface area (Å²) in [4.78, 5) is 12.0. The van der Waals surface area contributed by atoms with Crippen molar-refractivity contribution in [3.63, 3.8) is 0 Å². The number of nitrogens with one attached hydrogen (secondary N) is 1. The molecule has 0 saturated carbocycles. The SMILES string of the molecule is Cc1ccc(CC(=O)N/N=C\c2ccc(-c3ccc(Cl)cc3Cl)o2)cc1C. The fraction of sp³-hybridized carbons (Fsp3) is 0.143. The van der Waals surface area contributed by atoms with Crippen LogP contribution in [0.1, 0.15) is 22.5 Å². The van der Waals surface area contributed by atoms with Crippen molar-refractivity contribution in [2.75, 3.05) is 0 Å². The maximum absolute atomic E-state index is 12.0. The fourth-order valence-electron chi connectivity index (χ4n) is 2.56. The second-order valence-corrected chi connectivity index (χ2v) is 7.06. The highest BCUT2D eigenvalue weighted by Gasteiger charge is 2.09. The molecule has 0 aliphatic heterocycles. The summed E-state index contributed by atoms with van der Waals surface area (Å²) < 4.78 is 5.69. The van der Waals surface area contributed by atoms with E-state index in [0.29, 0.717) is 21.6 Å². The highest BCUT2D eigenvalue weighted by molar-refractivity contribution is 6.36. The van der Waals surface area contributed by atoms with Gasteiger partial charge in [0.05, 0.1) is 17.7 Å². The van der Waals surface area contributed by atoms with Gasteiger partial charge in [0.2, 0.25) is 5.91 Å². The lowest BCUT2D eigenvalue weighted by Gasteiger charge is -2.04. The van der Waals surface area contributed by atoms with Gasteiger partial charge in [-0.3, -0.25) is 4.79 Å². The van der Waals surface area contributed by atoms with Crippen LogP contribution in [0.4, 0.5) is 0 Å². The average Bonchev–Trinajstić information content (AvgIpc) is 3.07. The number of furan rings is 1. The number of halogens is 2. The molecule has 6 heteroatoms. The average molecular weight is 401 g/mol. The van der Waals surface area contributed by atoms with Crippen molar-refractivity contribution < 1.29 is 9.21 Å². The van der Waals surface area contributed by atoms with Crippen molar-refractivity contribution in [2.24, 2.45) is 5.10 Å². The summed E-state index contributed by atoms with van der Waals surface area (Å²) in [5.74, 6) is 0.907. The van der Waals surface area contributed by atoms with Gasteiger partial charge in [-0.2, -0.15) is 5.10 Å². The van der Waals surface area contributed by atoms with Gasteiger partial charge in [0, 0.05) is 10.6 Å². The van der Waals surface area contributed by atoms with Gasteiger partial charge in [-0.1, -0.05) is 41.4 Å². The monoisotopic (exact) mass is 400 g/mol.